The number of nitrogens with one attached hydrogen (secondary N) is 1. The van der Waals surface area contributed by atoms with Crippen LogP contribution in [0.2, 0.25) is 0 Å². The first kappa shape index (κ1) is 18.9. The zero-order chi connectivity index (χ0) is 19.2. The van der Waals surface area contributed by atoms with Crippen LogP contribution in [0.15, 0.2) is 53.9 Å². The zero-order valence-electron chi connectivity index (χ0n) is 15.6. The Hall–Kier alpha value is -2.87. The maximum absolute atomic E-state index is 12.2. The molecule has 0 spiro atoms. The lowest BCUT2D eigenvalue weighted by atomic mass is 10.2. The van der Waals surface area contributed by atoms with Gasteiger partial charge in [0.1, 0.15) is 0 Å². The number of amides is 1. The van der Waals surface area contributed by atoms with Crippen LogP contribution in [-0.2, 0) is 11.3 Å². The highest BCUT2D eigenvalue weighted by Gasteiger charge is 2.15. The lowest BCUT2D eigenvalue weighted by Crippen LogP contribution is -2.14. The van der Waals surface area contributed by atoms with Gasteiger partial charge in [-0.05, 0) is 25.1 Å². The summed E-state index contributed by atoms with van der Waals surface area (Å²) in [5.41, 5.74) is 2.68. The number of anilines is 2. The predicted molar refractivity (Wildman–Crippen MR) is 109 cm³/mol. The molecule has 0 aliphatic carbocycles. The Kier molecular flexibility index (Phi) is 6.08. The minimum absolute atomic E-state index is 0.0744. The average Bonchev–Trinajstić information content (AvgIpc) is 3.10. The minimum Gasteiger partial charge on any atom is -0.376 e. The van der Waals surface area contributed by atoms with E-state index in [1.807, 2.05) is 66.9 Å². The van der Waals surface area contributed by atoms with Crippen LogP contribution in [0.1, 0.15) is 6.92 Å². The topological polar surface area (TPSA) is 75.9 Å². The van der Waals surface area contributed by atoms with Crippen LogP contribution in [0.4, 0.5) is 11.4 Å². The number of carbonyl (C=O) groups excluding carboxylic acids is 1. The van der Waals surface area contributed by atoms with Gasteiger partial charge in [-0.3, -0.25) is 9.78 Å². The molecule has 1 amide bonds. The van der Waals surface area contributed by atoms with Gasteiger partial charge in [0.2, 0.25) is 5.91 Å². The second-order valence-electron chi connectivity index (χ2n) is 6.08. The van der Waals surface area contributed by atoms with Crippen molar-refractivity contribution in [1.82, 2.24) is 19.7 Å². The van der Waals surface area contributed by atoms with E-state index in [4.69, 9.17) is 0 Å². The van der Waals surface area contributed by atoms with E-state index in [2.05, 4.69) is 20.5 Å². The molecule has 0 fully saturated rings. The molecule has 0 bridgehead atoms. The Morgan fingerprint density at radius 1 is 1.19 bits per heavy atom. The van der Waals surface area contributed by atoms with Crippen molar-refractivity contribution in [3.63, 3.8) is 0 Å². The van der Waals surface area contributed by atoms with E-state index in [0.29, 0.717) is 11.7 Å². The molecule has 0 radical (unpaired) electrons. The van der Waals surface area contributed by atoms with Crippen LogP contribution in [0, 0.1) is 0 Å². The van der Waals surface area contributed by atoms with Crippen molar-refractivity contribution < 1.29 is 4.79 Å². The number of thioether (sulfide) groups is 1. The first-order valence-electron chi connectivity index (χ1n) is 8.62. The van der Waals surface area contributed by atoms with Crippen LogP contribution in [0.3, 0.4) is 0 Å². The summed E-state index contributed by atoms with van der Waals surface area (Å²) in [6.45, 7) is 2.74. The van der Waals surface area contributed by atoms with Gasteiger partial charge in [-0.25, -0.2) is 0 Å². The molecule has 0 saturated heterocycles. The van der Waals surface area contributed by atoms with Crippen LogP contribution >= 0.6 is 11.8 Å². The fraction of sp³-hybridized carbons (Fsp3) is 0.263. The lowest BCUT2D eigenvalue weighted by Gasteiger charge is -2.13. The van der Waals surface area contributed by atoms with Crippen molar-refractivity contribution >= 4 is 29.0 Å². The fourth-order valence-electron chi connectivity index (χ4n) is 2.54. The fourth-order valence-corrected chi connectivity index (χ4v) is 3.34. The highest BCUT2D eigenvalue weighted by atomic mass is 32.2. The van der Waals surface area contributed by atoms with Gasteiger partial charge in [0.25, 0.3) is 0 Å². The van der Waals surface area contributed by atoms with Gasteiger partial charge in [-0.15, -0.1) is 10.2 Å². The molecule has 7 nitrogen and oxygen atoms in total. The molecule has 27 heavy (non-hydrogen) atoms. The summed E-state index contributed by atoms with van der Waals surface area (Å²) in [4.78, 5) is 18.5. The van der Waals surface area contributed by atoms with Crippen molar-refractivity contribution in [2.24, 2.45) is 0 Å². The largest absolute Gasteiger partial charge is 0.376 e. The Morgan fingerprint density at radius 2 is 1.96 bits per heavy atom. The Bertz CT molecular complexity index is 910. The summed E-state index contributed by atoms with van der Waals surface area (Å²) in [6, 6.07) is 11.4. The number of rotatable bonds is 7. The molecule has 3 aromatic rings. The quantitative estimate of drug-likeness (QED) is 0.633. The summed E-state index contributed by atoms with van der Waals surface area (Å²) in [7, 11) is 3.94. The third-order valence-corrected chi connectivity index (χ3v) is 4.89. The third-order valence-electron chi connectivity index (χ3n) is 3.92. The van der Waals surface area contributed by atoms with Crippen molar-refractivity contribution in [2.45, 2.75) is 18.6 Å². The Labute approximate surface area is 162 Å². The number of para-hydroxylation sites is 1. The van der Waals surface area contributed by atoms with E-state index >= 15 is 0 Å². The van der Waals surface area contributed by atoms with E-state index in [1.54, 1.807) is 12.4 Å². The smallest absolute Gasteiger partial charge is 0.234 e. The molecule has 0 saturated carbocycles. The van der Waals surface area contributed by atoms with Gasteiger partial charge in [-0.2, -0.15) is 0 Å². The Balaban J connectivity index is 1.72. The first-order valence-corrected chi connectivity index (χ1v) is 9.60. The molecule has 8 heteroatoms. The molecule has 1 N–H and O–H groups in total. The van der Waals surface area contributed by atoms with E-state index < -0.39 is 0 Å². The second kappa shape index (κ2) is 8.68. The van der Waals surface area contributed by atoms with Crippen molar-refractivity contribution in [1.29, 1.82) is 0 Å². The van der Waals surface area contributed by atoms with Crippen molar-refractivity contribution in [2.75, 3.05) is 30.1 Å². The number of carbonyl (C=O) groups is 1. The number of hydrogen-bond acceptors (Lipinski definition) is 6. The van der Waals surface area contributed by atoms with E-state index in [1.165, 1.54) is 11.8 Å². The second-order valence-corrected chi connectivity index (χ2v) is 7.02. The van der Waals surface area contributed by atoms with Crippen LogP contribution in [-0.4, -0.2) is 45.5 Å². The molecule has 0 aliphatic rings. The third kappa shape index (κ3) is 4.65. The van der Waals surface area contributed by atoms with E-state index in [-0.39, 0.29) is 11.7 Å². The van der Waals surface area contributed by atoms with Gasteiger partial charge in [0, 0.05) is 38.1 Å². The predicted octanol–water partition coefficient (Wildman–Crippen LogP) is 3.16. The number of aromatic nitrogens is 4. The molecule has 0 aliphatic heterocycles. The molecule has 140 valence electrons. The number of hydrogen-bond donors (Lipinski definition) is 1. The van der Waals surface area contributed by atoms with E-state index in [0.717, 1.165) is 22.8 Å². The standard InChI is InChI=1S/C19H22N6OS/c1-4-25-18(14-10-16(24(2)3)12-20-11-14)22-23-19(25)27-13-17(26)21-15-8-6-5-7-9-15/h5-12H,4,13H2,1-3H3,(H,21,26). The monoisotopic (exact) mass is 382 g/mol. The molecule has 2 heterocycles. The Morgan fingerprint density at radius 3 is 2.67 bits per heavy atom. The molecule has 0 atom stereocenters. The van der Waals surface area contributed by atoms with Crippen molar-refractivity contribution in [3.05, 3.63) is 48.8 Å². The number of nitrogens with zero attached hydrogens (tertiary/aromatic N) is 5. The SMILES string of the molecule is CCn1c(SCC(=O)Nc2ccccc2)nnc1-c1cncc(N(C)C)c1. The van der Waals surface area contributed by atoms with Gasteiger partial charge in [0.15, 0.2) is 11.0 Å². The molecule has 0 unspecified atom stereocenters. The molecular weight excluding hydrogens is 360 g/mol. The summed E-state index contributed by atoms with van der Waals surface area (Å²) >= 11 is 1.37. The van der Waals surface area contributed by atoms with Gasteiger partial charge in [0.05, 0.1) is 17.6 Å². The van der Waals surface area contributed by atoms with Gasteiger partial charge in [-0.1, -0.05) is 30.0 Å². The zero-order valence-corrected chi connectivity index (χ0v) is 16.4. The molecular formula is C19H22N6OS. The van der Waals surface area contributed by atoms with Crippen molar-refractivity contribution in [3.8, 4) is 11.4 Å². The molecule has 3 rings (SSSR count). The summed E-state index contributed by atoms with van der Waals surface area (Å²) in [5.74, 6) is 0.942. The molecule has 1 aromatic carbocycles. The summed E-state index contributed by atoms with van der Waals surface area (Å²) in [6.07, 6.45) is 3.58. The maximum atomic E-state index is 12.2. The minimum atomic E-state index is -0.0744. The average molecular weight is 382 g/mol. The van der Waals surface area contributed by atoms with Gasteiger partial charge < -0.3 is 14.8 Å². The molecule has 2 aromatic heterocycles. The normalized spacial score (nSPS) is 10.6. The highest BCUT2D eigenvalue weighted by molar-refractivity contribution is 7.99. The summed E-state index contributed by atoms with van der Waals surface area (Å²) in [5, 5.41) is 12.2. The number of benzene rings is 1. The summed E-state index contributed by atoms with van der Waals surface area (Å²) < 4.78 is 2.00. The van der Waals surface area contributed by atoms with Crippen LogP contribution in [0.5, 0.6) is 0 Å². The highest BCUT2D eigenvalue weighted by Crippen LogP contribution is 2.25. The maximum Gasteiger partial charge on any atom is 0.234 e. The van der Waals surface area contributed by atoms with Gasteiger partial charge >= 0.3 is 0 Å². The van der Waals surface area contributed by atoms with E-state index in [9.17, 15) is 4.79 Å². The van der Waals surface area contributed by atoms with Crippen LogP contribution < -0.4 is 10.2 Å². The lowest BCUT2D eigenvalue weighted by molar-refractivity contribution is -0.113. The van der Waals surface area contributed by atoms with Crippen LogP contribution in [0.25, 0.3) is 11.4 Å². The first-order chi connectivity index (χ1) is 13.1. The number of pyridine rings is 1.